The SMILES string of the molecule is C#C[C@]1(O)CC[C@H]2[C@@H]3CCC4=CC(=O)CCC4=C3C=C[C@@]21C.CC(=O)[C@@]1(C)CC[C@H]2[C@@H]3C=C(C)C4=CC(=O)CC[C@]4(C)[C@H]3CC[C@@]21C. The Balaban J connectivity index is 0.000000151. The normalized spacial score (nSPS) is 46.2. The molecule has 47 heavy (non-hydrogen) atoms. The summed E-state index contributed by atoms with van der Waals surface area (Å²) in [7, 11) is 0. The third-order valence-electron chi connectivity index (χ3n) is 15.8. The zero-order chi connectivity index (χ0) is 33.7. The molecule has 8 aliphatic carbocycles. The second-order valence-electron chi connectivity index (χ2n) is 17.4. The van der Waals surface area contributed by atoms with Crippen LogP contribution in [0.3, 0.4) is 0 Å². The number of Topliss-reactive ketones (excluding diaryl/α,β-unsaturated/α-hetero) is 1. The summed E-state index contributed by atoms with van der Waals surface area (Å²) in [5.41, 5.74) is 5.46. The van der Waals surface area contributed by atoms with E-state index >= 15 is 0 Å². The van der Waals surface area contributed by atoms with Gasteiger partial charge in [0.2, 0.25) is 0 Å². The number of terminal acetylenes is 1. The summed E-state index contributed by atoms with van der Waals surface area (Å²) < 4.78 is 0. The van der Waals surface area contributed by atoms with Gasteiger partial charge in [0, 0.05) is 23.7 Å². The van der Waals surface area contributed by atoms with Crippen LogP contribution >= 0.6 is 0 Å². The van der Waals surface area contributed by atoms with Crippen molar-refractivity contribution in [3.8, 4) is 12.3 Å². The van der Waals surface area contributed by atoms with Gasteiger partial charge in [0.15, 0.2) is 11.6 Å². The van der Waals surface area contributed by atoms with Crippen molar-refractivity contribution in [1.29, 1.82) is 0 Å². The van der Waals surface area contributed by atoms with Crippen molar-refractivity contribution in [2.45, 2.75) is 124 Å². The minimum absolute atomic E-state index is 0.124. The van der Waals surface area contributed by atoms with Crippen molar-refractivity contribution in [3.63, 3.8) is 0 Å². The lowest BCUT2D eigenvalue weighted by molar-refractivity contribution is -0.136. The highest BCUT2D eigenvalue weighted by molar-refractivity contribution is 5.93. The van der Waals surface area contributed by atoms with Crippen LogP contribution in [-0.4, -0.2) is 28.1 Å². The fraction of sp³-hybridized carbons (Fsp3) is 0.651. The number of allylic oxidation sites excluding steroid dienone is 9. The van der Waals surface area contributed by atoms with E-state index in [2.05, 4.69) is 58.8 Å². The Kier molecular flexibility index (Phi) is 7.57. The number of aliphatic hydroxyl groups is 1. The molecule has 10 atom stereocenters. The standard InChI is InChI=1S/C23H32O2.C20H22O2/c1-14-12-17-18(21(3)9-6-16(25)13-20(14)21)7-11-23(5)19(17)8-10-22(23,4)15(2)24;1-3-20(22)11-9-18-17-6-4-13-12-14(21)5-7-15(13)16(17)8-10-19(18,20)2/h12-13,17-19H,6-11H2,1-5H3;1,8,10,12,17-18,22H,4-7,9,11H2,2H3/t17-,18+,19+,21-,22-,23+;17-,18+,19+,20+/m11/s1. The first-order valence-electron chi connectivity index (χ1n) is 18.4. The number of ketones is 3. The fourth-order valence-corrected chi connectivity index (χ4v) is 12.5. The topological polar surface area (TPSA) is 71.4 Å². The first-order chi connectivity index (χ1) is 22.1. The molecule has 0 radical (unpaired) electrons. The van der Waals surface area contributed by atoms with Gasteiger partial charge in [-0.2, -0.15) is 0 Å². The number of fused-ring (bicyclic) bond motifs is 9. The third kappa shape index (κ3) is 4.47. The first kappa shape index (κ1) is 32.8. The lowest BCUT2D eigenvalue weighted by Gasteiger charge is -2.58. The van der Waals surface area contributed by atoms with E-state index in [1.807, 2.05) is 12.2 Å². The Bertz CT molecular complexity index is 1640. The lowest BCUT2D eigenvalue weighted by Crippen LogP contribution is -2.52. The van der Waals surface area contributed by atoms with Gasteiger partial charge in [-0.15, -0.1) is 6.42 Å². The fourth-order valence-electron chi connectivity index (χ4n) is 12.5. The number of hydrogen-bond acceptors (Lipinski definition) is 4. The third-order valence-corrected chi connectivity index (χ3v) is 15.8. The molecular weight excluding hydrogens is 580 g/mol. The second-order valence-corrected chi connectivity index (χ2v) is 17.4. The lowest BCUT2D eigenvalue weighted by atomic mass is 9.46. The summed E-state index contributed by atoms with van der Waals surface area (Å²) in [6, 6.07) is 0. The number of hydrogen-bond donors (Lipinski definition) is 1. The molecule has 0 heterocycles. The van der Waals surface area contributed by atoms with E-state index in [4.69, 9.17) is 6.42 Å². The van der Waals surface area contributed by atoms with E-state index in [1.54, 1.807) is 6.92 Å². The molecule has 0 spiro atoms. The molecule has 4 nitrogen and oxygen atoms in total. The molecule has 1 N–H and O–H groups in total. The Morgan fingerprint density at radius 3 is 2.30 bits per heavy atom. The van der Waals surface area contributed by atoms with E-state index in [0.29, 0.717) is 60.4 Å². The first-order valence-corrected chi connectivity index (χ1v) is 18.4. The van der Waals surface area contributed by atoms with Gasteiger partial charge in [-0.05, 0) is 153 Å². The van der Waals surface area contributed by atoms with Gasteiger partial charge >= 0.3 is 0 Å². The van der Waals surface area contributed by atoms with E-state index < -0.39 is 5.60 Å². The molecule has 0 aromatic heterocycles. The van der Waals surface area contributed by atoms with Crippen LogP contribution in [0.15, 0.2) is 58.2 Å². The molecule has 3 saturated carbocycles. The van der Waals surface area contributed by atoms with Crippen LogP contribution in [-0.2, 0) is 14.4 Å². The van der Waals surface area contributed by atoms with Crippen LogP contribution in [0.5, 0.6) is 0 Å². The smallest absolute Gasteiger partial charge is 0.156 e. The zero-order valence-electron chi connectivity index (χ0n) is 29.5. The molecule has 0 aromatic rings. The van der Waals surface area contributed by atoms with E-state index in [-0.39, 0.29) is 27.4 Å². The van der Waals surface area contributed by atoms with E-state index in [9.17, 15) is 19.5 Å². The highest BCUT2D eigenvalue weighted by atomic mass is 16.3. The minimum Gasteiger partial charge on any atom is -0.377 e. The van der Waals surface area contributed by atoms with Gasteiger partial charge in [-0.25, -0.2) is 0 Å². The van der Waals surface area contributed by atoms with Crippen molar-refractivity contribution in [1.82, 2.24) is 0 Å². The Morgan fingerprint density at radius 2 is 1.57 bits per heavy atom. The van der Waals surface area contributed by atoms with Gasteiger partial charge in [0.05, 0.1) is 0 Å². The minimum atomic E-state index is -1.01. The second kappa shape index (κ2) is 10.9. The van der Waals surface area contributed by atoms with Gasteiger partial charge in [-0.1, -0.05) is 57.4 Å². The maximum Gasteiger partial charge on any atom is 0.156 e. The molecule has 0 unspecified atom stereocenters. The van der Waals surface area contributed by atoms with Crippen LogP contribution in [0.4, 0.5) is 0 Å². The van der Waals surface area contributed by atoms with Gasteiger partial charge in [0.1, 0.15) is 11.4 Å². The molecule has 0 amide bonds. The molecule has 3 fully saturated rings. The van der Waals surface area contributed by atoms with Crippen LogP contribution in [0.2, 0.25) is 0 Å². The molecule has 0 aliphatic heterocycles. The maximum absolute atomic E-state index is 12.5. The summed E-state index contributed by atoms with van der Waals surface area (Å²) in [6.45, 7) is 13.1. The quantitative estimate of drug-likeness (QED) is 0.293. The van der Waals surface area contributed by atoms with Crippen LogP contribution < -0.4 is 0 Å². The largest absolute Gasteiger partial charge is 0.377 e. The van der Waals surface area contributed by atoms with Crippen LogP contribution in [0.25, 0.3) is 0 Å². The van der Waals surface area contributed by atoms with Crippen molar-refractivity contribution in [3.05, 3.63) is 58.2 Å². The van der Waals surface area contributed by atoms with Gasteiger partial charge < -0.3 is 5.11 Å². The Morgan fingerprint density at radius 1 is 0.872 bits per heavy atom. The van der Waals surface area contributed by atoms with E-state index in [1.165, 1.54) is 40.7 Å². The average Bonchev–Trinajstić information content (AvgIpc) is 3.48. The number of carbonyl (C=O) groups is 3. The Labute approximate surface area is 282 Å². The number of carbonyl (C=O) groups excluding carboxylic acids is 3. The summed E-state index contributed by atoms with van der Waals surface area (Å²) in [4.78, 5) is 36.2. The molecule has 0 bridgehead atoms. The number of rotatable bonds is 1. The Hall–Kier alpha value is -2.77. The maximum atomic E-state index is 12.5. The molecule has 0 aromatic carbocycles. The molecule has 4 heteroatoms. The summed E-state index contributed by atoms with van der Waals surface area (Å²) in [5, 5.41) is 10.9. The molecule has 250 valence electrons. The molecule has 8 aliphatic rings. The van der Waals surface area contributed by atoms with Gasteiger partial charge in [-0.3, -0.25) is 14.4 Å². The van der Waals surface area contributed by atoms with Crippen LogP contribution in [0.1, 0.15) is 119 Å². The van der Waals surface area contributed by atoms with E-state index in [0.717, 1.165) is 44.9 Å². The highest BCUT2D eigenvalue weighted by Gasteiger charge is 2.64. The summed E-state index contributed by atoms with van der Waals surface area (Å²) in [5.74, 6) is 6.31. The monoisotopic (exact) mass is 634 g/mol. The average molecular weight is 635 g/mol. The van der Waals surface area contributed by atoms with Crippen molar-refractivity contribution >= 4 is 17.3 Å². The predicted molar refractivity (Wildman–Crippen MR) is 186 cm³/mol. The summed E-state index contributed by atoms with van der Waals surface area (Å²) >= 11 is 0. The van der Waals surface area contributed by atoms with Crippen molar-refractivity contribution in [2.75, 3.05) is 0 Å². The highest BCUT2D eigenvalue weighted by Crippen LogP contribution is 2.69. The van der Waals surface area contributed by atoms with Crippen molar-refractivity contribution < 1.29 is 19.5 Å². The zero-order valence-corrected chi connectivity index (χ0v) is 29.5. The molecule has 8 rings (SSSR count). The van der Waals surface area contributed by atoms with Crippen LogP contribution in [0, 0.1) is 63.6 Å². The van der Waals surface area contributed by atoms with Crippen molar-refractivity contribution in [2.24, 2.45) is 51.2 Å². The van der Waals surface area contributed by atoms with Gasteiger partial charge in [0.25, 0.3) is 0 Å². The summed E-state index contributed by atoms with van der Waals surface area (Å²) in [6.07, 6.45) is 27.8. The molecular formula is C43H54O4. The predicted octanol–water partition coefficient (Wildman–Crippen LogP) is 8.61. The molecule has 0 saturated heterocycles.